The number of carbonyl (C=O) groups excluding carboxylic acids is 1. The Morgan fingerprint density at radius 3 is 2.57 bits per heavy atom. The van der Waals surface area contributed by atoms with Crippen LogP contribution in [0.4, 0.5) is 0 Å². The first-order chi connectivity index (χ1) is 10.1. The van der Waals surface area contributed by atoms with Crippen molar-refractivity contribution >= 4 is 17.4 Å². The molecule has 1 unspecified atom stereocenters. The van der Waals surface area contributed by atoms with Crippen LogP contribution in [0.5, 0.6) is 11.5 Å². The molecule has 0 aliphatic carbocycles. The fourth-order valence-electron chi connectivity index (χ4n) is 1.79. The van der Waals surface area contributed by atoms with Gasteiger partial charge in [-0.15, -0.1) is 0 Å². The van der Waals surface area contributed by atoms with Crippen molar-refractivity contribution in [1.82, 2.24) is 0 Å². The van der Waals surface area contributed by atoms with Crippen LogP contribution in [0, 0.1) is 0 Å². The summed E-state index contributed by atoms with van der Waals surface area (Å²) in [5, 5.41) is 9.09. The van der Waals surface area contributed by atoms with Gasteiger partial charge >= 0.3 is 0 Å². The largest absolute Gasteiger partial charge is 0.489 e. The summed E-state index contributed by atoms with van der Waals surface area (Å²) in [5.41, 5.74) is -0.318. The highest BCUT2D eigenvalue weighted by molar-refractivity contribution is 6.19. The number of halogens is 1. The molecule has 2 aromatic rings. The molecule has 0 spiro atoms. The fraction of sp³-hybridized carbons (Fsp3) is 0.133. The highest BCUT2D eigenvalue weighted by Gasteiger charge is 2.16. The Kier molecular flexibility index (Phi) is 5.16. The monoisotopic (exact) mass is 307 g/mol. The predicted molar refractivity (Wildman–Crippen MR) is 78.5 cm³/mol. The van der Waals surface area contributed by atoms with Gasteiger partial charge in [0.2, 0.25) is 0 Å². The van der Waals surface area contributed by atoms with E-state index in [1.54, 1.807) is 36.4 Å². The Balaban J connectivity index is 2.35. The quantitative estimate of drug-likeness (QED) is 0.485. The minimum absolute atomic E-state index is 0.162. The van der Waals surface area contributed by atoms with Crippen molar-refractivity contribution in [2.45, 2.75) is 5.56 Å². The number of carbonyl (C=O) groups is 1. The summed E-state index contributed by atoms with van der Waals surface area (Å²) in [6.45, 7) is -0.162. The van der Waals surface area contributed by atoms with Gasteiger partial charge in [-0.05, 0) is 12.1 Å². The van der Waals surface area contributed by atoms with Crippen molar-refractivity contribution in [3.05, 3.63) is 59.7 Å². The topological polar surface area (TPSA) is 81.8 Å². The van der Waals surface area contributed by atoms with E-state index in [1.165, 1.54) is 6.07 Å². The number of aliphatic hydroxyl groups is 1. The first-order valence-corrected chi connectivity index (χ1v) is 6.61. The van der Waals surface area contributed by atoms with Crippen molar-refractivity contribution in [2.75, 3.05) is 6.61 Å². The number of benzene rings is 2. The fourth-order valence-corrected chi connectivity index (χ4v) is 1.85. The van der Waals surface area contributed by atoms with Crippen LogP contribution in [-0.2, 0) is 0 Å². The normalized spacial score (nSPS) is 11.8. The van der Waals surface area contributed by atoms with Crippen LogP contribution < -0.4 is 15.5 Å². The number of rotatable bonds is 6. The molecule has 1 atom stereocenters. The van der Waals surface area contributed by atoms with Crippen LogP contribution in [0.15, 0.2) is 48.5 Å². The van der Waals surface area contributed by atoms with Gasteiger partial charge in [0.25, 0.3) is 0 Å². The van der Waals surface area contributed by atoms with E-state index in [2.05, 4.69) is 4.84 Å². The van der Waals surface area contributed by atoms with Gasteiger partial charge in [-0.3, -0.25) is 4.79 Å². The summed E-state index contributed by atoms with van der Waals surface area (Å²) < 4.78 is 5.35. The number of aliphatic hydroxyl groups excluding tert-OH is 1. The summed E-state index contributed by atoms with van der Waals surface area (Å²) in [6, 6.07) is 13.3. The van der Waals surface area contributed by atoms with E-state index in [-0.39, 0.29) is 18.1 Å². The van der Waals surface area contributed by atoms with Crippen LogP contribution in [0.25, 0.3) is 0 Å². The molecular weight excluding hydrogens is 294 g/mol. The summed E-state index contributed by atoms with van der Waals surface area (Å²) >= 11 is 5.44. The van der Waals surface area contributed by atoms with Gasteiger partial charge in [-0.25, -0.2) is 0 Å². The highest BCUT2D eigenvalue weighted by Crippen LogP contribution is 2.27. The molecule has 0 saturated heterocycles. The SMILES string of the molecule is NOc1ccc(C(=O)c2ccccc2)c(OCC(O)Cl)c1. The molecule has 0 aliphatic heterocycles. The standard InChI is InChI=1S/C15H14ClNO4/c16-14(18)9-20-13-8-11(21-17)6-7-12(13)15(19)10-4-2-1-3-5-10/h1-8,14,18H,9,17H2. The summed E-state index contributed by atoms with van der Waals surface area (Å²) in [4.78, 5) is 17.1. The first kappa shape index (κ1) is 15.3. The predicted octanol–water partition coefficient (Wildman–Crippen LogP) is 2.11. The minimum Gasteiger partial charge on any atom is -0.489 e. The smallest absolute Gasteiger partial charge is 0.196 e. The van der Waals surface area contributed by atoms with Gasteiger partial charge in [-0.2, -0.15) is 5.90 Å². The molecule has 3 N–H and O–H groups in total. The third kappa shape index (κ3) is 3.95. The van der Waals surface area contributed by atoms with Gasteiger partial charge in [0, 0.05) is 11.6 Å². The lowest BCUT2D eigenvalue weighted by Gasteiger charge is -2.12. The maximum atomic E-state index is 12.5. The van der Waals surface area contributed by atoms with Gasteiger partial charge in [0.05, 0.1) is 5.56 Å². The number of ketones is 1. The molecule has 21 heavy (non-hydrogen) atoms. The maximum absolute atomic E-state index is 12.5. The zero-order valence-electron chi connectivity index (χ0n) is 11.0. The molecule has 0 radical (unpaired) electrons. The lowest BCUT2D eigenvalue weighted by Crippen LogP contribution is -2.13. The number of ether oxygens (including phenoxy) is 1. The molecule has 0 aromatic heterocycles. The number of nitrogens with two attached hydrogens (primary N) is 1. The third-order valence-electron chi connectivity index (χ3n) is 2.75. The van der Waals surface area contributed by atoms with E-state index in [0.717, 1.165) is 0 Å². The van der Waals surface area contributed by atoms with Crippen molar-refractivity contribution in [3.63, 3.8) is 0 Å². The number of hydrogen-bond acceptors (Lipinski definition) is 5. The Morgan fingerprint density at radius 1 is 1.24 bits per heavy atom. The van der Waals surface area contributed by atoms with Crippen molar-refractivity contribution < 1.29 is 19.5 Å². The molecule has 6 heteroatoms. The van der Waals surface area contributed by atoms with Crippen LogP contribution >= 0.6 is 11.6 Å². The van der Waals surface area contributed by atoms with Gasteiger partial charge in [0.1, 0.15) is 12.4 Å². The number of alkyl halides is 1. The van der Waals surface area contributed by atoms with Crippen LogP contribution in [0.1, 0.15) is 15.9 Å². The van der Waals surface area contributed by atoms with Gasteiger partial charge in [-0.1, -0.05) is 41.9 Å². The van der Waals surface area contributed by atoms with E-state index in [9.17, 15) is 4.79 Å². The Morgan fingerprint density at radius 2 is 1.95 bits per heavy atom. The molecule has 110 valence electrons. The van der Waals surface area contributed by atoms with Gasteiger partial charge in [0.15, 0.2) is 17.1 Å². The Bertz CT molecular complexity index is 616. The molecule has 2 rings (SSSR count). The minimum atomic E-state index is -1.17. The van der Waals surface area contributed by atoms with Crippen molar-refractivity contribution in [3.8, 4) is 11.5 Å². The van der Waals surface area contributed by atoms with Crippen molar-refractivity contribution in [1.29, 1.82) is 0 Å². The van der Waals surface area contributed by atoms with E-state index in [0.29, 0.717) is 16.9 Å². The second kappa shape index (κ2) is 7.08. The number of hydrogen-bond donors (Lipinski definition) is 2. The summed E-state index contributed by atoms with van der Waals surface area (Å²) in [6.07, 6.45) is 0. The zero-order valence-corrected chi connectivity index (χ0v) is 11.8. The van der Waals surface area contributed by atoms with Crippen LogP contribution in [0.3, 0.4) is 0 Å². The molecule has 0 bridgehead atoms. The Hall–Kier alpha value is -2.08. The van der Waals surface area contributed by atoms with E-state index < -0.39 is 5.56 Å². The van der Waals surface area contributed by atoms with E-state index >= 15 is 0 Å². The van der Waals surface area contributed by atoms with Crippen LogP contribution in [0.2, 0.25) is 0 Å². The average molecular weight is 308 g/mol. The molecule has 0 fully saturated rings. The molecule has 0 saturated carbocycles. The van der Waals surface area contributed by atoms with Crippen molar-refractivity contribution in [2.24, 2.45) is 5.90 Å². The lowest BCUT2D eigenvalue weighted by atomic mass is 10.0. The second-order valence-electron chi connectivity index (χ2n) is 4.22. The molecule has 0 aliphatic rings. The van der Waals surface area contributed by atoms with Gasteiger partial charge < -0.3 is 14.7 Å². The first-order valence-electron chi connectivity index (χ1n) is 6.17. The Labute approximate surface area is 126 Å². The maximum Gasteiger partial charge on any atom is 0.196 e. The highest BCUT2D eigenvalue weighted by atomic mass is 35.5. The second-order valence-corrected chi connectivity index (χ2v) is 4.72. The molecular formula is C15H14ClNO4. The molecule has 0 amide bonds. The molecule has 2 aromatic carbocycles. The third-order valence-corrected chi connectivity index (χ3v) is 2.87. The van der Waals surface area contributed by atoms with E-state index in [4.69, 9.17) is 27.3 Å². The summed E-state index contributed by atoms with van der Waals surface area (Å²) in [7, 11) is 0. The van der Waals surface area contributed by atoms with E-state index in [1.807, 2.05) is 6.07 Å². The van der Waals surface area contributed by atoms with Crippen LogP contribution in [-0.4, -0.2) is 23.1 Å². The average Bonchev–Trinajstić information content (AvgIpc) is 2.52. The molecule has 0 heterocycles. The lowest BCUT2D eigenvalue weighted by molar-refractivity contribution is 0.103. The summed E-state index contributed by atoms with van der Waals surface area (Å²) in [5.74, 6) is 5.46. The molecule has 5 nitrogen and oxygen atoms in total. The zero-order chi connectivity index (χ0) is 15.2.